The van der Waals surface area contributed by atoms with Crippen molar-refractivity contribution in [1.82, 2.24) is 24.5 Å². The van der Waals surface area contributed by atoms with Crippen molar-refractivity contribution in [3.05, 3.63) is 30.7 Å². The number of nitrogens with zero attached hydrogens (tertiary/aromatic N) is 5. The van der Waals surface area contributed by atoms with Crippen LogP contribution in [0.2, 0.25) is 0 Å². The van der Waals surface area contributed by atoms with E-state index in [1.807, 2.05) is 0 Å². The highest BCUT2D eigenvalue weighted by molar-refractivity contribution is 5.96. The number of methoxy groups -OCH3 is 1. The van der Waals surface area contributed by atoms with Crippen LogP contribution in [0.5, 0.6) is 0 Å². The Hall–Kier alpha value is -2.68. The van der Waals surface area contributed by atoms with Crippen LogP contribution in [0.15, 0.2) is 30.7 Å². The van der Waals surface area contributed by atoms with E-state index in [1.165, 1.54) is 0 Å². The number of carbonyl (C=O) groups is 2. The van der Waals surface area contributed by atoms with Crippen LogP contribution >= 0.6 is 0 Å². The van der Waals surface area contributed by atoms with Gasteiger partial charge in [-0.15, -0.1) is 0 Å². The Balaban J connectivity index is 1.75. The summed E-state index contributed by atoms with van der Waals surface area (Å²) in [6, 6.07) is 3.55. The van der Waals surface area contributed by atoms with Crippen LogP contribution in [0.1, 0.15) is 19.3 Å². The fraction of sp³-hybridized carbons (Fsp3) is 0.529. The van der Waals surface area contributed by atoms with Crippen LogP contribution in [-0.2, 0) is 26.9 Å². The highest BCUT2D eigenvalue weighted by Crippen LogP contribution is 2.31. The molecule has 0 spiro atoms. The quantitative estimate of drug-likeness (QED) is 0.814. The molecule has 0 unspecified atom stereocenters. The van der Waals surface area contributed by atoms with Gasteiger partial charge in [-0.3, -0.25) is 19.0 Å². The van der Waals surface area contributed by atoms with Crippen molar-refractivity contribution in [2.75, 3.05) is 32.1 Å². The Labute approximate surface area is 151 Å². The molecule has 140 valence electrons. The van der Waals surface area contributed by atoms with E-state index in [0.29, 0.717) is 44.8 Å². The Bertz CT molecular complexity index is 746. The summed E-state index contributed by atoms with van der Waals surface area (Å²) in [6.45, 7) is 1.40. The van der Waals surface area contributed by atoms with Gasteiger partial charge in [0.25, 0.3) is 5.91 Å². The maximum atomic E-state index is 13.1. The summed E-state index contributed by atoms with van der Waals surface area (Å²) in [4.78, 5) is 27.1. The molecule has 0 atom stereocenters. The number of rotatable bonds is 6. The van der Waals surface area contributed by atoms with Gasteiger partial charge >= 0.3 is 0 Å². The van der Waals surface area contributed by atoms with Crippen LogP contribution in [0.3, 0.4) is 0 Å². The zero-order chi connectivity index (χ0) is 18.6. The number of aryl methyl sites for hydroxylation is 1. The molecule has 3 rings (SSSR count). The lowest BCUT2D eigenvalue weighted by Crippen LogP contribution is -2.54. The van der Waals surface area contributed by atoms with E-state index in [-0.39, 0.29) is 11.8 Å². The van der Waals surface area contributed by atoms with Gasteiger partial charge in [0.2, 0.25) is 5.91 Å². The lowest BCUT2D eigenvalue weighted by atomic mass is 9.86. The minimum absolute atomic E-state index is 0.0473. The van der Waals surface area contributed by atoms with E-state index in [9.17, 15) is 9.59 Å². The maximum absolute atomic E-state index is 13.1. The van der Waals surface area contributed by atoms with Gasteiger partial charge in [0.05, 0.1) is 13.0 Å². The number of aromatic nitrogens is 4. The predicted octanol–water partition coefficient (Wildman–Crippen LogP) is 0.609. The number of anilines is 1. The molecular formula is C17H24N6O3. The first kappa shape index (κ1) is 18.1. The third-order valence-electron chi connectivity index (χ3n) is 4.78. The number of likely N-dealkylation sites (tertiary alicyclic amines) is 1. The molecule has 3 heterocycles. The normalized spacial score (nSPS) is 16.5. The molecule has 26 heavy (non-hydrogen) atoms. The van der Waals surface area contributed by atoms with Gasteiger partial charge in [0.15, 0.2) is 5.82 Å². The van der Waals surface area contributed by atoms with Crippen LogP contribution in [0.25, 0.3) is 0 Å². The van der Waals surface area contributed by atoms with Crippen LogP contribution in [-0.4, -0.2) is 63.1 Å². The van der Waals surface area contributed by atoms with Crippen molar-refractivity contribution in [2.45, 2.75) is 24.8 Å². The minimum atomic E-state index is -0.834. The Morgan fingerprint density at radius 2 is 2.08 bits per heavy atom. The number of amides is 2. The van der Waals surface area contributed by atoms with Crippen molar-refractivity contribution in [3.63, 3.8) is 0 Å². The molecule has 0 saturated carbocycles. The Morgan fingerprint density at radius 3 is 2.65 bits per heavy atom. The highest BCUT2D eigenvalue weighted by Gasteiger charge is 2.44. The zero-order valence-electron chi connectivity index (χ0n) is 15.1. The number of piperidine rings is 1. The molecule has 2 aromatic rings. The van der Waals surface area contributed by atoms with Gasteiger partial charge in [-0.1, -0.05) is 0 Å². The van der Waals surface area contributed by atoms with Gasteiger partial charge in [-0.2, -0.15) is 10.2 Å². The van der Waals surface area contributed by atoms with E-state index in [4.69, 9.17) is 4.74 Å². The van der Waals surface area contributed by atoms with Crippen molar-refractivity contribution in [1.29, 1.82) is 0 Å². The summed E-state index contributed by atoms with van der Waals surface area (Å²) >= 11 is 0. The number of ether oxygens (including phenoxy) is 1. The molecule has 2 aromatic heterocycles. The molecule has 1 saturated heterocycles. The monoisotopic (exact) mass is 360 g/mol. The summed E-state index contributed by atoms with van der Waals surface area (Å²) in [7, 11) is 3.37. The molecule has 0 bridgehead atoms. The van der Waals surface area contributed by atoms with Crippen molar-refractivity contribution in [2.24, 2.45) is 7.05 Å². The first-order chi connectivity index (χ1) is 12.5. The summed E-state index contributed by atoms with van der Waals surface area (Å²) < 4.78 is 8.30. The standard InChI is InChI=1S/C17H24N6O3/c1-21-10-4-14(20-21)19-16(25)17(23-9-3-8-18-23)6-11-22(12-7-17)15(24)5-13-26-2/h3-4,8-10H,5-7,11-13H2,1-2H3,(H,19,20,25). The second-order valence-corrected chi connectivity index (χ2v) is 6.43. The third kappa shape index (κ3) is 3.62. The maximum Gasteiger partial charge on any atom is 0.253 e. The molecule has 9 heteroatoms. The molecule has 1 N–H and O–H groups in total. The molecular weight excluding hydrogens is 336 g/mol. The van der Waals surface area contributed by atoms with Crippen molar-refractivity contribution < 1.29 is 14.3 Å². The minimum Gasteiger partial charge on any atom is -0.384 e. The lowest BCUT2D eigenvalue weighted by molar-refractivity contribution is -0.138. The summed E-state index contributed by atoms with van der Waals surface area (Å²) in [5.41, 5.74) is -0.834. The third-order valence-corrected chi connectivity index (χ3v) is 4.78. The summed E-state index contributed by atoms with van der Waals surface area (Å²) in [5.74, 6) is 0.387. The lowest BCUT2D eigenvalue weighted by Gasteiger charge is -2.40. The van der Waals surface area contributed by atoms with E-state index in [2.05, 4.69) is 15.5 Å². The van der Waals surface area contributed by atoms with E-state index in [1.54, 1.807) is 59.1 Å². The second-order valence-electron chi connectivity index (χ2n) is 6.43. The fourth-order valence-electron chi connectivity index (χ4n) is 3.27. The molecule has 0 aliphatic carbocycles. The van der Waals surface area contributed by atoms with Gasteiger partial charge < -0.3 is 15.0 Å². The molecule has 2 amide bonds. The molecule has 1 aliphatic heterocycles. The van der Waals surface area contributed by atoms with E-state index in [0.717, 1.165) is 0 Å². The van der Waals surface area contributed by atoms with Gasteiger partial charge in [-0.25, -0.2) is 0 Å². The fourth-order valence-corrected chi connectivity index (χ4v) is 3.27. The van der Waals surface area contributed by atoms with Crippen molar-refractivity contribution in [3.8, 4) is 0 Å². The average Bonchev–Trinajstić information content (AvgIpc) is 3.32. The molecule has 1 aliphatic rings. The predicted molar refractivity (Wildman–Crippen MR) is 94.3 cm³/mol. The second kappa shape index (κ2) is 7.69. The molecule has 0 radical (unpaired) electrons. The number of hydrogen-bond donors (Lipinski definition) is 1. The van der Waals surface area contributed by atoms with E-state index >= 15 is 0 Å². The first-order valence-corrected chi connectivity index (χ1v) is 8.63. The Kier molecular flexibility index (Phi) is 5.36. The number of hydrogen-bond acceptors (Lipinski definition) is 5. The summed E-state index contributed by atoms with van der Waals surface area (Å²) in [5, 5.41) is 11.4. The Morgan fingerprint density at radius 1 is 1.31 bits per heavy atom. The topological polar surface area (TPSA) is 94.3 Å². The molecule has 1 fully saturated rings. The largest absolute Gasteiger partial charge is 0.384 e. The molecule has 0 aromatic carbocycles. The first-order valence-electron chi connectivity index (χ1n) is 8.63. The highest BCUT2D eigenvalue weighted by atomic mass is 16.5. The van der Waals surface area contributed by atoms with E-state index < -0.39 is 5.54 Å². The average molecular weight is 360 g/mol. The van der Waals surface area contributed by atoms with Crippen molar-refractivity contribution >= 4 is 17.6 Å². The van der Waals surface area contributed by atoms with Gasteiger partial charge in [-0.05, 0) is 18.9 Å². The summed E-state index contributed by atoms with van der Waals surface area (Å²) in [6.07, 6.45) is 6.56. The van der Waals surface area contributed by atoms with Crippen LogP contribution in [0.4, 0.5) is 5.82 Å². The molecule has 9 nitrogen and oxygen atoms in total. The number of nitrogens with one attached hydrogen (secondary N) is 1. The number of carbonyl (C=O) groups excluding carboxylic acids is 2. The SMILES string of the molecule is COCCC(=O)N1CCC(C(=O)Nc2ccn(C)n2)(n2cccn2)CC1. The van der Waals surface area contributed by atoms with Gasteiger partial charge in [0.1, 0.15) is 5.54 Å². The van der Waals surface area contributed by atoms with Gasteiger partial charge in [0, 0.05) is 51.9 Å². The van der Waals surface area contributed by atoms with Crippen LogP contribution < -0.4 is 5.32 Å². The van der Waals surface area contributed by atoms with Crippen LogP contribution in [0, 0.1) is 0 Å². The zero-order valence-corrected chi connectivity index (χ0v) is 15.1. The smallest absolute Gasteiger partial charge is 0.253 e.